The second-order valence-electron chi connectivity index (χ2n) is 15.4. The number of benzene rings is 6. The minimum absolute atomic E-state index is 0. The molecule has 2 heterocycles. The average Bonchev–Trinajstić information content (AvgIpc) is 3.89. The standard InChI is InChI=1S/C43H34N8O13S6.4Na/c1-21-5-11-33-37(39(21)69(59,60)61)65-41(46-33)25-7-13-31(35(19-25)67(53,54)55)50-48-29-15-9-27(17-23(29)3)44-43(52)45-28-10-16-30(24(4)18-28)49-51-32-14-8-26(20-36(32)68(56,57)58)42-47-34-12-6-22(2)40(38(34)66-42)70(62,63)64;;;;/h5-20H,1-4H3,(H2,44,45,52)(H,53,54,55)(H,56,57,58)(H,59,60,61)(H,62,63,64);;;;/q;4*+1. The second kappa shape index (κ2) is 24.9. The predicted molar refractivity (Wildman–Crippen MR) is 262 cm³/mol. The number of aryl methyl sites for hydroxylation is 4. The molecule has 2 aromatic heterocycles. The van der Waals surface area contributed by atoms with E-state index in [1.165, 1.54) is 74.5 Å². The molecule has 0 spiro atoms. The zero-order valence-electron chi connectivity index (χ0n) is 40.3. The molecule has 0 aliphatic carbocycles. The Hall–Kier alpha value is -2.79. The molecule has 2 amide bonds. The number of rotatable bonds is 12. The Kier molecular flexibility index (Phi) is 21.5. The summed E-state index contributed by atoms with van der Waals surface area (Å²) < 4.78 is 138. The minimum atomic E-state index is -4.86. The number of thiazole rings is 2. The summed E-state index contributed by atoms with van der Waals surface area (Å²) in [5.41, 5.74) is 3.38. The summed E-state index contributed by atoms with van der Waals surface area (Å²) in [4.78, 5) is 20.0. The summed E-state index contributed by atoms with van der Waals surface area (Å²) in [7, 11) is -18.9. The van der Waals surface area contributed by atoms with E-state index in [2.05, 4.69) is 41.1 Å². The van der Waals surface area contributed by atoms with E-state index in [4.69, 9.17) is 0 Å². The molecule has 0 fully saturated rings. The van der Waals surface area contributed by atoms with E-state index in [0.717, 1.165) is 34.8 Å². The third kappa shape index (κ3) is 14.5. The molecule has 0 radical (unpaired) electrons. The van der Waals surface area contributed by atoms with Crippen molar-refractivity contribution in [3.63, 3.8) is 0 Å². The smallest absolute Gasteiger partial charge is 0.308 e. The molecule has 6 aromatic carbocycles. The van der Waals surface area contributed by atoms with Crippen LogP contribution >= 0.6 is 22.7 Å². The van der Waals surface area contributed by atoms with Crippen LogP contribution in [0.3, 0.4) is 0 Å². The van der Waals surface area contributed by atoms with Gasteiger partial charge in [-0.3, -0.25) is 18.2 Å². The third-order valence-corrected chi connectivity index (χ3v) is 16.7. The van der Waals surface area contributed by atoms with Gasteiger partial charge in [0.25, 0.3) is 40.5 Å². The number of hydrogen-bond acceptors (Lipinski definition) is 17. The van der Waals surface area contributed by atoms with Crippen LogP contribution in [0.15, 0.2) is 137 Å². The second-order valence-corrected chi connectivity index (χ2v) is 22.9. The molecule has 31 heteroatoms. The Balaban J connectivity index is 0.00000296. The van der Waals surface area contributed by atoms with Gasteiger partial charge in [-0.25, -0.2) is 14.8 Å². The van der Waals surface area contributed by atoms with Gasteiger partial charge in [0.2, 0.25) is 0 Å². The number of aromatic nitrogens is 2. The van der Waals surface area contributed by atoms with Crippen LogP contribution in [0, 0.1) is 27.7 Å². The number of anilines is 2. The van der Waals surface area contributed by atoms with E-state index in [1.54, 1.807) is 38.1 Å². The summed E-state index contributed by atoms with van der Waals surface area (Å²) >= 11 is 1.81. The molecular formula is C43H34N8Na4O13S6+4. The average molecular weight is 1160 g/mol. The van der Waals surface area contributed by atoms with Crippen LogP contribution < -0.4 is 129 Å². The number of hydrogen-bond donors (Lipinski definition) is 6. The molecular weight excluding hydrogens is 1120 g/mol. The number of carbonyl (C=O) groups is 1. The predicted octanol–water partition coefficient (Wildman–Crippen LogP) is -1.05. The van der Waals surface area contributed by atoms with Gasteiger partial charge >= 0.3 is 124 Å². The van der Waals surface area contributed by atoms with Gasteiger partial charge in [0.1, 0.15) is 41.0 Å². The van der Waals surface area contributed by atoms with Crippen LogP contribution in [0.4, 0.5) is 38.9 Å². The monoisotopic (exact) mass is 1150 g/mol. The van der Waals surface area contributed by atoms with Crippen molar-refractivity contribution in [3.8, 4) is 21.1 Å². The molecule has 0 aliphatic rings. The number of nitrogens with one attached hydrogen (secondary N) is 2. The van der Waals surface area contributed by atoms with Gasteiger partial charge < -0.3 is 10.6 Å². The molecule has 0 aliphatic heterocycles. The number of azo groups is 2. The first-order valence-corrected chi connectivity index (χ1v) is 27.3. The number of amides is 2. The quantitative estimate of drug-likeness (QED) is 0.0483. The van der Waals surface area contributed by atoms with Gasteiger partial charge in [-0.2, -0.15) is 43.9 Å². The van der Waals surface area contributed by atoms with Crippen molar-refractivity contribution in [1.82, 2.24) is 9.97 Å². The first kappa shape index (κ1) is 63.7. The number of urea groups is 1. The third-order valence-electron chi connectivity index (χ3n) is 10.3. The van der Waals surface area contributed by atoms with E-state index in [0.29, 0.717) is 22.5 Å². The first-order valence-electron chi connectivity index (χ1n) is 19.9. The molecule has 74 heavy (non-hydrogen) atoms. The van der Waals surface area contributed by atoms with Gasteiger partial charge in [-0.15, -0.1) is 32.9 Å². The minimum Gasteiger partial charge on any atom is -0.308 e. The Morgan fingerprint density at radius 3 is 1.11 bits per heavy atom. The normalized spacial score (nSPS) is 12.0. The maximum atomic E-state index is 13.0. The number of nitrogens with zero attached hydrogens (tertiary/aromatic N) is 6. The number of carbonyl (C=O) groups excluding carboxylic acids is 1. The van der Waals surface area contributed by atoms with Gasteiger partial charge in [0, 0.05) is 22.5 Å². The molecule has 8 aromatic rings. The van der Waals surface area contributed by atoms with Crippen molar-refractivity contribution >= 4 is 124 Å². The van der Waals surface area contributed by atoms with Crippen molar-refractivity contribution in [2.75, 3.05) is 10.6 Å². The van der Waals surface area contributed by atoms with E-state index in [-0.39, 0.29) is 203 Å². The topological polar surface area (TPSA) is 334 Å². The van der Waals surface area contributed by atoms with Gasteiger partial charge in [0.05, 0.1) is 31.8 Å². The molecule has 8 rings (SSSR count). The molecule has 0 saturated heterocycles. The summed E-state index contributed by atoms with van der Waals surface area (Å²) in [6.45, 7) is 6.35. The maximum absolute atomic E-state index is 13.0. The molecule has 21 nitrogen and oxygen atoms in total. The summed E-state index contributed by atoms with van der Waals surface area (Å²) in [6.07, 6.45) is 0. The fourth-order valence-corrected chi connectivity index (χ4v) is 13.0. The fourth-order valence-electron chi connectivity index (χ4n) is 7.09. The largest absolute Gasteiger partial charge is 1.00 e. The molecule has 0 saturated carbocycles. The van der Waals surface area contributed by atoms with E-state index in [1.807, 2.05) is 0 Å². The zero-order valence-corrected chi connectivity index (χ0v) is 53.2. The molecule has 6 N–H and O–H groups in total. The van der Waals surface area contributed by atoms with Crippen LogP contribution in [0.2, 0.25) is 0 Å². The van der Waals surface area contributed by atoms with Crippen LogP contribution in [0.25, 0.3) is 41.6 Å². The molecule has 0 bridgehead atoms. The summed E-state index contributed by atoms with van der Waals surface area (Å²) in [5.74, 6) is 0. The van der Waals surface area contributed by atoms with Crippen LogP contribution in [0.5, 0.6) is 0 Å². The van der Waals surface area contributed by atoms with Crippen LogP contribution in [-0.4, -0.2) is 67.9 Å². The number of fused-ring (bicyclic) bond motifs is 2. The van der Waals surface area contributed by atoms with Crippen LogP contribution in [0.1, 0.15) is 22.3 Å². The van der Waals surface area contributed by atoms with Crippen molar-refractivity contribution < 1.29 is 175 Å². The van der Waals surface area contributed by atoms with E-state index < -0.39 is 56.3 Å². The summed E-state index contributed by atoms with van der Waals surface area (Å²) in [5, 5.41) is 22.2. The SMILES string of the molecule is Cc1cc(NC(=O)Nc2ccc(N=Nc3ccc(-c4nc5ccc(C)c(S(=O)(=O)O)c5s4)cc3S(=O)(=O)O)c(C)c2)ccc1N=Nc1ccc(-c2nc3ccc(C)c(S(=O)(=O)O)c3s2)cc1S(=O)(=O)O.[Na+].[Na+].[Na+].[Na+]. The Bertz CT molecular complexity index is 3810. The zero-order chi connectivity index (χ0) is 50.7. The van der Waals surface area contributed by atoms with Crippen LogP contribution in [-0.2, 0) is 40.5 Å². The molecule has 360 valence electrons. The van der Waals surface area contributed by atoms with E-state index >= 15 is 0 Å². The summed E-state index contributed by atoms with van der Waals surface area (Å²) in [6, 6.07) is 22.4. The fraction of sp³-hybridized carbons (Fsp3) is 0.0930. The van der Waals surface area contributed by atoms with Crippen molar-refractivity contribution in [2.45, 2.75) is 47.3 Å². The van der Waals surface area contributed by atoms with Gasteiger partial charge in [-0.05, 0) is 135 Å². The first-order chi connectivity index (χ1) is 32.7. The molecule has 0 unspecified atom stereocenters. The Morgan fingerprint density at radius 2 is 0.784 bits per heavy atom. The Morgan fingerprint density at radius 1 is 0.446 bits per heavy atom. The van der Waals surface area contributed by atoms with Crippen molar-refractivity contribution in [2.24, 2.45) is 20.5 Å². The Labute approximate surface area is 520 Å². The van der Waals surface area contributed by atoms with Gasteiger partial charge in [-0.1, -0.05) is 12.1 Å². The molecule has 0 atom stereocenters. The maximum Gasteiger partial charge on any atom is 1.00 e. The van der Waals surface area contributed by atoms with Crippen molar-refractivity contribution in [1.29, 1.82) is 0 Å². The van der Waals surface area contributed by atoms with Gasteiger partial charge in [0.15, 0.2) is 0 Å². The van der Waals surface area contributed by atoms with E-state index in [9.17, 15) is 56.7 Å². The van der Waals surface area contributed by atoms with Crippen molar-refractivity contribution in [3.05, 3.63) is 119 Å².